The maximum absolute atomic E-state index is 4.74. The van der Waals surface area contributed by atoms with Crippen LogP contribution in [0, 0.1) is 0 Å². The Labute approximate surface area is 130 Å². The molecular weight excluding hydrogens is 258 g/mol. The summed E-state index contributed by atoms with van der Waals surface area (Å²) in [6.07, 6.45) is 4.63. The van der Waals surface area contributed by atoms with Crippen LogP contribution in [0.3, 0.4) is 0 Å². The number of pyridine rings is 1. The highest BCUT2D eigenvalue weighted by atomic mass is 15.3. The zero-order valence-electron chi connectivity index (χ0n) is 14.4. The van der Waals surface area contributed by atoms with E-state index in [1.54, 1.807) is 0 Å². The fourth-order valence-electron chi connectivity index (χ4n) is 3.11. The van der Waals surface area contributed by atoms with Crippen molar-refractivity contribution in [3.05, 3.63) is 23.9 Å². The molecule has 0 saturated carbocycles. The molecule has 1 saturated heterocycles. The molecule has 1 aliphatic rings. The molecule has 0 N–H and O–H groups in total. The summed E-state index contributed by atoms with van der Waals surface area (Å²) in [6.45, 7) is 15.8. The molecule has 1 fully saturated rings. The van der Waals surface area contributed by atoms with E-state index in [-0.39, 0.29) is 5.41 Å². The van der Waals surface area contributed by atoms with E-state index in [0.717, 1.165) is 32.0 Å². The molecule has 1 aromatic rings. The van der Waals surface area contributed by atoms with Crippen molar-refractivity contribution in [2.75, 3.05) is 31.1 Å². The third-order valence-corrected chi connectivity index (χ3v) is 4.65. The molecular formula is C18H31N3. The number of nitrogens with zero attached hydrogens (tertiary/aromatic N) is 3. The molecule has 21 heavy (non-hydrogen) atoms. The van der Waals surface area contributed by atoms with Gasteiger partial charge in [0.25, 0.3) is 0 Å². The van der Waals surface area contributed by atoms with Crippen LogP contribution in [0.1, 0.15) is 53.0 Å². The minimum atomic E-state index is 0.178. The summed E-state index contributed by atoms with van der Waals surface area (Å²) < 4.78 is 0. The standard InChI is InChI=1S/C18H31N3/c1-6-20(7-2)14-16-9-8-12-21(16)17-11-10-15(13-19-17)18(3,4)5/h10-11,13,16H,6-9,12,14H2,1-5H3. The first-order valence-electron chi connectivity index (χ1n) is 8.41. The van der Waals surface area contributed by atoms with Crippen LogP contribution in [0.2, 0.25) is 0 Å². The van der Waals surface area contributed by atoms with Crippen molar-refractivity contribution in [1.29, 1.82) is 0 Å². The lowest BCUT2D eigenvalue weighted by Crippen LogP contribution is -2.40. The van der Waals surface area contributed by atoms with Gasteiger partial charge in [0.15, 0.2) is 0 Å². The second-order valence-corrected chi connectivity index (χ2v) is 7.13. The monoisotopic (exact) mass is 289 g/mol. The lowest BCUT2D eigenvalue weighted by atomic mass is 9.88. The van der Waals surface area contributed by atoms with E-state index >= 15 is 0 Å². The van der Waals surface area contributed by atoms with Gasteiger partial charge in [-0.05, 0) is 43.0 Å². The fraction of sp³-hybridized carbons (Fsp3) is 0.722. The minimum Gasteiger partial charge on any atom is -0.352 e. The summed E-state index contributed by atoms with van der Waals surface area (Å²) >= 11 is 0. The predicted octanol–water partition coefficient (Wildman–Crippen LogP) is 3.69. The van der Waals surface area contributed by atoms with E-state index in [4.69, 9.17) is 4.98 Å². The van der Waals surface area contributed by atoms with E-state index in [1.807, 2.05) is 0 Å². The summed E-state index contributed by atoms with van der Waals surface area (Å²) in [5.74, 6) is 1.15. The molecule has 2 heterocycles. The van der Waals surface area contributed by atoms with Gasteiger partial charge in [-0.2, -0.15) is 0 Å². The van der Waals surface area contributed by atoms with Gasteiger partial charge in [0.05, 0.1) is 0 Å². The Morgan fingerprint density at radius 3 is 2.48 bits per heavy atom. The Balaban J connectivity index is 2.09. The van der Waals surface area contributed by atoms with Gasteiger partial charge in [0.1, 0.15) is 5.82 Å². The second kappa shape index (κ2) is 6.78. The van der Waals surface area contributed by atoms with Crippen LogP contribution in [0.15, 0.2) is 18.3 Å². The van der Waals surface area contributed by atoms with Gasteiger partial charge in [-0.1, -0.05) is 40.7 Å². The van der Waals surface area contributed by atoms with Gasteiger partial charge in [-0.25, -0.2) is 4.98 Å². The van der Waals surface area contributed by atoms with Crippen LogP contribution in [0.5, 0.6) is 0 Å². The van der Waals surface area contributed by atoms with Gasteiger partial charge in [0.2, 0.25) is 0 Å². The first kappa shape index (κ1) is 16.3. The Kier molecular flexibility index (Phi) is 5.26. The molecule has 0 amide bonds. The van der Waals surface area contributed by atoms with Crippen molar-refractivity contribution in [1.82, 2.24) is 9.88 Å². The van der Waals surface area contributed by atoms with Crippen molar-refractivity contribution in [3.8, 4) is 0 Å². The first-order chi connectivity index (χ1) is 9.95. The maximum atomic E-state index is 4.74. The van der Waals surface area contributed by atoms with Crippen LogP contribution in [-0.2, 0) is 5.41 Å². The summed E-state index contributed by atoms with van der Waals surface area (Å²) in [5.41, 5.74) is 1.49. The van der Waals surface area contributed by atoms with Crippen molar-refractivity contribution >= 4 is 5.82 Å². The second-order valence-electron chi connectivity index (χ2n) is 7.13. The number of aromatic nitrogens is 1. The number of rotatable bonds is 5. The molecule has 1 aromatic heterocycles. The first-order valence-corrected chi connectivity index (χ1v) is 8.41. The predicted molar refractivity (Wildman–Crippen MR) is 91.1 cm³/mol. The van der Waals surface area contributed by atoms with E-state index in [2.05, 4.69) is 62.7 Å². The fourth-order valence-corrected chi connectivity index (χ4v) is 3.11. The van der Waals surface area contributed by atoms with E-state index in [1.165, 1.54) is 18.4 Å². The topological polar surface area (TPSA) is 19.4 Å². The molecule has 3 heteroatoms. The molecule has 0 aromatic carbocycles. The number of anilines is 1. The Hall–Kier alpha value is -1.09. The molecule has 0 aliphatic carbocycles. The normalized spacial score (nSPS) is 19.5. The molecule has 0 spiro atoms. The van der Waals surface area contributed by atoms with Gasteiger partial charge < -0.3 is 9.80 Å². The Morgan fingerprint density at radius 1 is 1.24 bits per heavy atom. The number of likely N-dealkylation sites (N-methyl/N-ethyl adjacent to an activating group) is 1. The van der Waals surface area contributed by atoms with Gasteiger partial charge in [-0.3, -0.25) is 0 Å². The number of hydrogen-bond acceptors (Lipinski definition) is 3. The zero-order valence-corrected chi connectivity index (χ0v) is 14.4. The molecule has 1 atom stereocenters. The van der Waals surface area contributed by atoms with Gasteiger partial charge in [0, 0.05) is 25.3 Å². The molecule has 1 aliphatic heterocycles. The van der Waals surface area contributed by atoms with Crippen LogP contribution in [0.25, 0.3) is 0 Å². The van der Waals surface area contributed by atoms with Crippen LogP contribution in [0.4, 0.5) is 5.82 Å². The lowest BCUT2D eigenvalue weighted by molar-refractivity contribution is 0.283. The molecule has 3 nitrogen and oxygen atoms in total. The largest absolute Gasteiger partial charge is 0.352 e. The van der Waals surface area contributed by atoms with Gasteiger partial charge in [-0.15, -0.1) is 0 Å². The average molecular weight is 289 g/mol. The van der Waals surface area contributed by atoms with E-state index in [0.29, 0.717) is 6.04 Å². The molecule has 0 bridgehead atoms. The van der Waals surface area contributed by atoms with Crippen molar-refractivity contribution < 1.29 is 0 Å². The molecule has 2 rings (SSSR count). The Morgan fingerprint density at radius 2 is 1.95 bits per heavy atom. The van der Waals surface area contributed by atoms with Crippen molar-refractivity contribution in [3.63, 3.8) is 0 Å². The average Bonchev–Trinajstić information content (AvgIpc) is 2.92. The Bertz CT molecular complexity index is 429. The van der Waals surface area contributed by atoms with Crippen LogP contribution >= 0.6 is 0 Å². The van der Waals surface area contributed by atoms with Crippen LogP contribution < -0.4 is 4.90 Å². The highest BCUT2D eigenvalue weighted by molar-refractivity contribution is 5.43. The summed E-state index contributed by atoms with van der Waals surface area (Å²) in [5, 5.41) is 0. The van der Waals surface area contributed by atoms with E-state index in [9.17, 15) is 0 Å². The summed E-state index contributed by atoms with van der Waals surface area (Å²) in [4.78, 5) is 9.77. The SMILES string of the molecule is CCN(CC)CC1CCCN1c1ccc(C(C)(C)C)cn1. The summed E-state index contributed by atoms with van der Waals surface area (Å²) in [6, 6.07) is 5.08. The van der Waals surface area contributed by atoms with E-state index < -0.39 is 0 Å². The van der Waals surface area contributed by atoms with Crippen LogP contribution in [-0.4, -0.2) is 42.1 Å². The molecule has 0 radical (unpaired) electrons. The third kappa shape index (κ3) is 3.97. The highest BCUT2D eigenvalue weighted by Gasteiger charge is 2.27. The zero-order chi connectivity index (χ0) is 15.5. The molecule has 1 unspecified atom stereocenters. The minimum absolute atomic E-state index is 0.178. The smallest absolute Gasteiger partial charge is 0.128 e. The van der Waals surface area contributed by atoms with Gasteiger partial charge >= 0.3 is 0 Å². The lowest BCUT2D eigenvalue weighted by Gasteiger charge is -2.30. The summed E-state index contributed by atoms with van der Waals surface area (Å²) in [7, 11) is 0. The maximum Gasteiger partial charge on any atom is 0.128 e. The van der Waals surface area contributed by atoms with Crippen molar-refractivity contribution in [2.45, 2.75) is 58.9 Å². The highest BCUT2D eigenvalue weighted by Crippen LogP contribution is 2.27. The number of hydrogen-bond donors (Lipinski definition) is 0. The third-order valence-electron chi connectivity index (χ3n) is 4.65. The van der Waals surface area contributed by atoms with Crippen molar-refractivity contribution in [2.24, 2.45) is 0 Å². The quantitative estimate of drug-likeness (QED) is 0.824. The molecule has 118 valence electrons.